The fourth-order valence-corrected chi connectivity index (χ4v) is 1.95. The van der Waals surface area contributed by atoms with Gasteiger partial charge in [-0.15, -0.1) is 0 Å². The quantitative estimate of drug-likeness (QED) is 0.371. The van der Waals surface area contributed by atoms with E-state index in [-0.39, 0.29) is 5.75 Å². The highest BCUT2D eigenvalue weighted by atomic mass is 32.1. The summed E-state index contributed by atoms with van der Waals surface area (Å²) in [6.45, 7) is 0. The van der Waals surface area contributed by atoms with Crippen molar-refractivity contribution in [1.29, 1.82) is 0 Å². The number of pyridine rings is 1. The minimum atomic E-state index is -6.00. The van der Waals surface area contributed by atoms with Crippen LogP contribution in [0.3, 0.4) is 0 Å². The number of hydrogen-bond donors (Lipinski definition) is 1. The molecule has 0 bridgehead atoms. The second kappa shape index (κ2) is 8.13. The van der Waals surface area contributed by atoms with Crippen LogP contribution in [-0.2, 0) is 11.4 Å². The third-order valence-corrected chi connectivity index (χ3v) is 3.12. The van der Waals surface area contributed by atoms with E-state index in [9.17, 15) is 22.4 Å². The number of aromatic nitrogens is 1. The van der Waals surface area contributed by atoms with Gasteiger partial charge < -0.3 is 22.4 Å². The van der Waals surface area contributed by atoms with Crippen LogP contribution in [0, 0.1) is 0 Å². The lowest BCUT2D eigenvalue weighted by Crippen LogP contribution is -2.36. The van der Waals surface area contributed by atoms with Crippen molar-refractivity contribution in [3.05, 3.63) is 18.3 Å². The van der Waals surface area contributed by atoms with Gasteiger partial charge in [0.1, 0.15) is 0 Å². The monoisotopic (exact) mass is 313 g/mol. The Labute approximate surface area is 119 Å². The van der Waals surface area contributed by atoms with Gasteiger partial charge >= 0.3 is 17.4 Å². The molecule has 0 radical (unpaired) electrons. The number of nitrogens with zero attached hydrogens (tertiary/aromatic N) is 3. The number of halogens is 4. The zero-order valence-corrected chi connectivity index (χ0v) is 12.3. The first-order valence-corrected chi connectivity index (χ1v) is 6.24. The van der Waals surface area contributed by atoms with E-state index in [0.717, 1.165) is 5.11 Å². The van der Waals surface area contributed by atoms with Crippen molar-refractivity contribution >= 4 is 23.7 Å². The van der Waals surface area contributed by atoms with Crippen molar-refractivity contribution < 1.29 is 22.4 Å². The molecular weight excluding hydrogens is 297 g/mol. The van der Waals surface area contributed by atoms with Crippen molar-refractivity contribution in [3.8, 4) is 5.75 Å². The molecule has 0 aliphatic carbocycles. The number of rotatable bonds is 1. The highest BCUT2D eigenvalue weighted by Gasteiger charge is 2.22. The summed E-state index contributed by atoms with van der Waals surface area (Å²) in [7, 11) is 1.84. The Morgan fingerprint density at radius 3 is 1.95 bits per heavy atom. The third-order valence-electron chi connectivity index (χ3n) is 1.70. The highest BCUT2D eigenvalue weighted by Crippen LogP contribution is 2.13. The second-order valence-electron chi connectivity index (χ2n) is 4.00. The van der Waals surface area contributed by atoms with E-state index in [0.29, 0.717) is 5.03 Å². The molecule has 114 valence electrons. The molecule has 0 atom stereocenters. The molecule has 0 aliphatic rings. The maximum absolute atomic E-state index is 9.75. The van der Waals surface area contributed by atoms with E-state index in [1.165, 1.54) is 11.4 Å². The first-order chi connectivity index (χ1) is 9.02. The summed E-state index contributed by atoms with van der Waals surface area (Å²) >= 11 is 1.44. The molecule has 1 heterocycles. The Morgan fingerprint density at radius 2 is 1.60 bits per heavy atom. The van der Waals surface area contributed by atoms with Crippen LogP contribution in [-0.4, -0.2) is 60.4 Å². The molecule has 1 aromatic rings. The van der Waals surface area contributed by atoms with Gasteiger partial charge in [-0.05, 0) is 40.3 Å². The molecule has 20 heavy (non-hydrogen) atoms. The summed E-state index contributed by atoms with van der Waals surface area (Å²) in [5.74, 6) is 0.212. The van der Waals surface area contributed by atoms with E-state index in [1.807, 2.05) is 38.0 Å². The van der Waals surface area contributed by atoms with E-state index in [2.05, 4.69) is 4.98 Å². The molecule has 10 heteroatoms. The Kier molecular flexibility index (Phi) is 7.62. The molecular formula is C10H16BF4N3OS. The third kappa shape index (κ3) is 8.78. The minimum Gasteiger partial charge on any atom is -0.502 e. The highest BCUT2D eigenvalue weighted by molar-refractivity contribution is 7.78. The summed E-state index contributed by atoms with van der Waals surface area (Å²) < 4.78 is 39.0. The minimum absolute atomic E-state index is 0.212. The summed E-state index contributed by atoms with van der Waals surface area (Å²) in [6, 6.07) is 3.35. The molecule has 0 fully saturated rings. The van der Waals surface area contributed by atoms with Crippen LogP contribution in [0.5, 0.6) is 5.75 Å². The molecule has 0 aromatic carbocycles. The maximum Gasteiger partial charge on any atom is 0.673 e. The summed E-state index contributed by atoms with van der Waals surface area (Å²) in [6.07, 6.45) is 1.67. The lowest BCUT2D eigenvalue weighted by Gasteiger charge is -2.10. The van der Waals surface area contributed by atoms with E-state index in [1.54, 1.807) is 18.3 Å². The molecule has 0 amide bonds. The smallest absolute Gasteiger partial charge is 0.502 e. The van der Waals surface area contributed by atoms with E-state index in [4.69, 9.17) is 0 Å². The fraction of sp³-hybridized carbons (Fsp3) is 0.400. The molecule has 1 aromatic heterocycles. The van der Waals surface area contributed by atoms with Crippen LogP contribution in [0.1, 0.15) is 0 Å². The van der Waals surface area contributed by atoms with Gasteiger partial charge in [0, 0.05) is 6.20 Å². The van der Waals surface area contributed by atoms with Crippen molar-refractivity contribution in [1.82, 2.24) is 14.8 Å². The lowest BCUT2D eigenvalue weighted by atomic mass is 10.3. The van der Waals surface area contributed by atoms with Gasteiger partial charge in [-0.25, -0.2) is 9.80 Å². The van der Waals surface area contributed by atoms with Crippen LogP contribution >= 0.6 is 0 Å². The van der Waals surface area contributed by atoms with Gasteiger partial charge in [-0.1, -0.05) is 0 Å². The van der Waals surface area contributed by atoms with Crippen molar-refractivity contribution in [2.75, 3.05) is 28.2 Å². The van der Waals surface area contributed by atoms with Gasteiger partial charge in [0.2, 0.25) is 5.75 Å². The predicted molar refractivity (Wildman–Crippen MR) is 74.1 cm³/mol. The summed E-state index contributed by atoms with van der Waals surface area (Å²) in [4.78, 5) is 8.09. The Bertz CT molecular complexity index is 438. The number of hydrogen-bond acceptors (Lipinski definition) is 2. The average Bonchev–Trinajstić information content (AvgIpc) is 2.24. The van der Waals surface area contributed by atoms with Gasteiger partial charge in [-0.2, -0.15) is 4.98 Å². The second-order valence-corrected chi connectivity index (χ2v) is 4.95. The zero-order chi connectivity index (χ0) is 15.9. The summed E-state index contributed by atoms with van der Waals surface area (Å²) in [5, 5.41) is 11.2. The molecule has 0 saturated carbocycles. The Morgan fingerprint density at radius 1 is 1.15 bits per heavy atom. The Hall–Kier alpha value is -1.26. The van der Waals surface area contributed by atoms with Crippen LogP contribution in [0.25, 0.3) is 0 Å². The average molecular weight is 313 g/mol. The van der Waals surface area contributed by atoms with Gasteiger partial charge in [0.25, 0.3) is 11.4 Å². The van der Waals surface area contributed by atoms with Crippen molar-refractivity contribution in [3.63, 3.8) is 0 Å². The van der Waals surface area contributed by atoms with Gasteiger partial charge in [-0.3, -0.25) is 0 Å². The molecule has 4 nitrogen and oxygen atoms in total. The first-order valence-electron chi connectivity index (χ1n) is 5.43. The van der Waals surface area contributed by atoms with Crippen molar-refractivity contribution in [2.24, 2.45) is 0 Å². The molecule has 0 aliphatic heterocycles. The fourth-order valence-electron chi connectivity index (χ4n) is 1.13. The number of aromatic hydroxyl groups is 1. The molecule has 0 spiro atoms. The molecule has 0 saturated heterocycles. The normalized spacial score (nSPS) is 11.1. The largest absolute Gasteiger partial charge is 0.673 e. The maximum atomic E-state index is 9.75. The van der Waals surface area contributed by atoms with E-state index < -0.39 is 7.25 Å². The van der Waals surface area contributed by atoms with Crippen LogP contribution in [0.2, 0.25) is 0 Å². The first kappa shape index (κ1) is 18.7. The van der Waals surface area contributed by atoms with Gasteiger partial charge in [0.15, 0.2) is 0 Å². The lowest BCUT2D eigenvalue weighted by molar-refractivity contribution is 0.368. The molecule has 0 unspecified atom stereocenters. The zero-order valence-electron chi connectivity index (χ0n) is 11.5. The Balaban J connectivity index is 0.000000621. The van der Waals surface area contributed by atoms with Crippen LogP contribution < -0.4 is 0 Å². The molecule has 1 N–H and O–H groups in total. The van der Waals surface area contributed by atoms with Crippen LogP contribution in [0.15, 0.2) is 23.4 Å². The summed E-state index contributed by atoms with van der Waals surface area (Å²) in [5.41, 5.74) is 0. The SMILES string of the molecule is CN(C)C(=[S+]c1ncccc1O)N(C)C.F[B-](F)(F)F. The predicted octanol–water partition coefficient (Wildman–Crippen LogP) is 1.74. The standard InChI is InChI=1S/C10H15N3OS.BF4/c1-12(2)10(13(3)4)15-9-8(14)6-5-7-11-9;2-1(3,4)5/h5-7H,1-4H3;/q;-1/p+1. The van der Waals surface area contributed by atoms with Gasteiger partial charge in [0.05, 0.1) is 0 Å². The molecule has 1 rings (SSSR count). The van der Waals surface area contributed by atoms with E-state index >= 15 is 0 Å². The van der Waals surface area contributed by atoms with Crippen molar-refractivity contribution in [2.45, 2.75) is 5.03 Å². The van der Waals surface area contributed by atoms with Crippen LogP contribution in [0.4, 0.5) is 17.3 Å². The topological polar surface area (TPSA) is 39.6 Å².